The SMILES string of the molecule is CP(c1ccccc1)c1ccccc1.c1ccc(Pc2ccccc2)cc1. The first-order valence-corrected chi connectivity index (χ1v) is 11.8. The Kier molecular flexibility index (Phi) is 7.79. The molecule has 2 heteroatoms. The van der Waals surface area contributed by atoms with Gasteiger partial charge in [0, 0.05) is 0 Å². The molecule has 27 heavy (non-hydrogen) atoms. The van der Waals surface area contributed by atoms with Crippen LogP contribution in [0.3, 0.4) is 0 Å². The summed E-state index contributed by atoms with van der Waals surface area (Å²) < 4.78 is 0. The Bertz CT molecular complexity index is 815. The minimum Gasteiger partial charge on any atom is -0.0622 e. The Labute approximate surface area is 165 Å². The van der Waals surface area contributed by atoms with Crippen molar-refractivity contribution in [2.45, 2.75) is 0 Å². The Morgan fingerprint density at radius 2 is 0.741 bits per heavy atom. The molecule has 0 N–H and O–H groups in total. The molecule has 134 valence electrons. The van der Waals surface area contributed by atoms with Crippen LogP contribution in [0.25, 0.3) is 0 Å². The average molecular weight is 386 g/mol. The van der Waals surface area contributed by atoms with Crippen molar-refractivity contribution in [1.82, 2.24) is 0 Å². The highest BCUT2D eigenvalue weighted by Crippen LogP contribution is 2.27. The van der Waals surface area contributed by atoms with E-state index in [1.165, 1.54) is 21.2 Å². The molecule has 0 radical (unpaired) electrons. The molecule has 4 aromatic carbocycles. The minimum atomic E-state index is -0.171. The van der Waals surface area contributed by atoms with Gasteiger partial charge >= 0.3 is 0 Å². The lowest BCUT2D eigenvalue weighted by atomic mass is 10.4. The van der Waals surface area contributed by atoms with Crippen LogP contribution in [-0.2, 0) is 0 Å². The summed E-state index contributed by atoms with van der Waals surface area (Å²) in [6, 6.07) is 42.5. The molecule has 0 nitrogen and oxygen atoms in total. The number of hydrogen-bond donors (Lipinski definition) is 0. The Morgan fingerprint density at radius 3 is 1.07 bits per heavy atom. The molecule has 0 amide bonds. The van der Waals surface area contributed by atoms with E-state index in [0.717, 1.165) is 8.58 Å². The molecule has 0 fully saturated rings. The molecular weight excluding hydrogens is 362 g/mol. The zero-order chi connectivity index (χ0) is 18.7. The summed E-state index contributed by atoms with van der Waals surface area (Å²) in [7, 11) is 0.606. The van der Waals surface area contributed by atoms with Gasteiger partial charge in [0.15, 0.2) is 0 Å². The average Bonchev–Trinajstić information content (AvgIpc) is 2.76. The minimum absolute atomic E-state index is 0.171. The molecule has 0 unspecified atom stereocenters. The quantitative estimate of drug-likeness (QED) is 0.430. The van der Waals surface area contributed by atoms with Gasteiger partial charge in [-0.3, -0.25) is 0 Å². The lowest BCUT2D eigenvalue weighted by Crippen LogP contribution is -2.09. The van der Waals surface area contributed by atoms with Crippen LogP contribution in [0.5, 0.6) is 0 Å². The molecule has 4 rings (SSSR count). The monoisotopic (exact) mass is 386 g/mol. The standard InChI is InChI=1S/C13H13P.C12H11P/c1-14(12-8-4-2-5-9-12)13-10-6-3-7-11-13;1-3-7-11(8-4-1)13-12-9-5-2-6-10-12/h2-11H,1H3;1-10,13H. The predicted octanol–water partition coefficient (Wildman–Crippen LogP) is 5.07. The third-order valence-corrected chi connectivity index (χ3v) is 7.51. The first-order valence-electron chi connectivity index (χ1n) is 9.04. The van der Waals surface area contributed by atoms with Crippen LogP contribution in [0.4, 0.5) is 0 Å². The topological polar surface area (TPSA) is 0 Å². The summed E-state index contributed by atoms with van der Waals surface area (Å²) in [6.07, 6.45) is 0. The van der Waals surface area contributed by atoms with Gasteiger partial charge in [-0.15, -0.1) is 0 Å². The molecule has 0 spiro atoms. The fraction of sp³-hybridized carbons (Fsp3) is 0.0400. The van der Waals surface area contributed by atoms with Gasteiger partial charge in [-0.2, -0.15) is 0 Å². The van der Waals surface area contributed by atoms with E-state index in [9.17, 15) is 0 Å². The van der Waals surface area contributed by atoms with Gasteiger partial charge in [0.25, 0.3) is 0 Å². The van der Waals surface area contributed by atoms with Gasteiger partial charge in [0.05, 0.1) is 0 Å². The normalized spacial score (nSPS) is 10.1. The van der Waals surface area contributed by atoms with Gasteiger partial charge in [-0.05, 0) is 35.8 Å². The van der Waals surface area contributed by atoms with Crippen LogP contribution in [0, 0.1) is 0 Å². The first-order chi connectivity index (χ1) is 13.3. The third-order valence-electron chi connectivity index (χ3n) is 4.12. The van der Waals surface area contributed by atoms with E-state index in [1.54, 1.807) is 0 Å². The van der Waals surface area contributed by atoms with Crippen LogP contribution in [0.15, 0.2) is 121 Å². The Morgan fingerprint density at radius 1 is 0.444 bits per heavy atom. The number of hydrogen-bond acceptors (Lipinski definition) is 0. The molecule has 4 aromatic rings. The van der Waals surface area contributed by atoms with Crippen molar-refractivity contribution < 1.29 is 0 Å². The van der Waals surface area contributed by atoms with Crippen LogP contribution in [0.2, 0.25) is 0 Å². The first kappa shape index (κ1) is 19.5. The van der Waals surface area contributed by atoms with Crippen molar-refractivity contribution in [1.29, 1.82) is 0 Å². The summed E-state index contributed by atoms with van der Waals surface area (Å²) in [5.41, 5.74) is 0. The lowest BCUT2D eigenvalue weighted by Gasteiger charge is -2.12. The van der Waals surface area contributed by atoms with Crippen molar-refractivity contribution in [3.05, 3.63) is 121 Å². The zero-order valence-corrected chi connectivity index (χ0v) is 17.4. The van der Waals surface area contributed by atoms with E-state index in [0.29, 0.717) is 0 Å². The van der Waals surface area contributed by atoms with E-state index in [4.69, 9.17) is 0 Å². The smallest absolute Gasteiger partial charge is 0.0198 e. The predicted molar refractivity (Wildman–Crippen MR) is 125 cm³/mol. The molecule has 0 aliphatic carbocycles. The lowest BCUT2D eigenvalue weighted by molar-refractivity contribution is 1.75. The molecular formula is C25H24P2. The van der Waals surface area contributed by atoms with E-state index >= 15 is 0 Å². The number of rotatable bonds is 4. The molecule has 0 saturated carbocycles. The highest BCUT2D eigenvalue weighted by atomic mass is 31.1. The van der Waals surface area contributed by atoms with Crippen molar-refractivity contribution >= 4 is 37.7 Å². The summed E-state index contributed by atoms with van der Waals surface area (Å²) in [5.74, 6) is 0. The van der Waals surface area contributed by atoms with Crippen LogP contribution in [-0.4, -0.2) is 6.66 Å². The third kappa shape index (κ3) is 6.44. The van der Waals surface area contributed by atoms with E-state index in [1.807, 2.05) is 0 Å². The van der Waals surface area contributed by atoms with Crippen molar-refractivity contribution in [3.8, 4) is 0 Å². The Hall–Kier alpha value is -2.26. The molecule has 0 aliphatic rings. The molecule has 0 aliphatic heterocycles. The second-order valence-electron chi connectivity index (χ2n) is 6.09. The molecule has 0 bridgehead atoms. The highest BCUT2D eigenvalue weighted by molar-refractivity contribution is 7.72. The largest absolute Gasteiger partial charge is 0.0622 e. The van der Waals surface area contributed by atoms with Gasteiger partial charge in [0.1, 0.15) is 0 Å². The number of benzene rings is 4. The summed E-state index contributed by atoms with van der Waals surface area (Å²) in [5, 5.41) is 5.67. The van der Waals surface area contributed by atoms with Gasteiger partial charge in [-0.25, -0.2) is 0 Å². The summed E-state index contributed by atoms with van der Waals surface area (Å²) in [6.45, 7) is 2.31. The molecule has 0 heterocycles. The molecule has 0 saturated heterocycles. The van der Waals surface area contributed by atoms with Crippen LogP contribution >= 0.6 is 16.5 Å². The zero-order valence-electron chi connectivity index (χ0n) is 15.5. The maximum Gasteiger partial charge on any atom is -0.0198 e. The maximum absolute atomic E-state index is 2.31. The van der Waals surface area contributed by atoms with E-state index in [-0.39, 0.29) is 7.92 Å². The second kappa shape index (κ2) is 10.8. The summed E-state index contributed by atoms with van der Waals surface area (Å²) >= 11 is 0. The summed E-state index contributed by atoms with van der Waals surface area (Å²) in [4.78, 5) is 0. The van der Waals surface area contributed by atoms with Crippen LogP contribution in [0.1, 0.15) is 0 Å². The van der Waals surface area contributed by atoms with Crippen LogP contribution < -0.4 is 21.2 Å². The van der Waals surface area contributed by atoms with Gasteiger partial charge in [-0.1, -0.05) is 130 Å². The molecule has 0 atom stereocenters. The van der Waals surface area contributed by atoms with E-state index < -0.39 is 0 Å². The highest BCUT2D eigenvalue weighted by Gasteiger charge is 2.05. The van der Waals surface area contributed by atoms with Crippen molar-refractivity contribution in [3.63, 3.8) is 0 Å². The van der Waals surface area contributed by atoms with Gasteiger partial charge in [0.2, 0.25) is 0 Å². The maximum atomic E-state index is 2.31. The van der Waals surface area contributed by atoms with Gasteiger partial charge < -0.3 is 0 Å². The second-order valence-corrected chi connectivity index (χ2v) is 9.64. The van der Waals surface area contributed by atoms with Crippen molar-refractivity contribution in [2.75, 3.05) is 6.66 Å². The van der Waals surface area contributed by atoms with E-state index in [2.05, 4.69) is 128 Å². The fourth-order valence-electron chi connectivity index (χ4n) is 2.66. The Balaban J connectivity index is 0.000000156. The molecule has 0 aromatic heterocycles. The fourth-order valence-corrected chi connectivity index (χ4v) is 5.25. The van der Waals surface area contributed by atoms with Crippen molar-refractivity contribution in [2.24, 2.45) is 0 Å².